The first kappa shape index (κ1) is 15.6. The quantitative estimate of drug-likeness (QED) is 0.864. The van der Waals surface area contributed by atoms with Gasteiger partial charge in [-0.05, 0) is 48.9 Å². The summed E-state index contributed by atoms with van der Waals surface area (Å²) < 4.78 is 6.17. The summed E-state index contributed by atoms with van der Waals surface area (Å²) in [6.07, 6.45) is 2.55. The lowest BCUT2D eigenvalue weighted by atomic mass is 9.82. The Labute approximate surface area is 144 Å². The van der Waals surface area contributed by atoms with Crippen LogP contribution in [0.4, 0.5) is 0 Å². The molecule has 0 saturated carbocycles. The molecule has 24 heavy (non-hydrogen) atoms. The number of rotatable bonds is 1. The van der Waals surface area contributed by atoms with Crippen LogP contribution in [0.1, 0.15) is 39.3 Å². The SMILES string of the molecule is Cc1ccc(C(=O)N2CCC3(CC2)OCCc2sccc23)c(=O)[nH]1. The summed E-state index contributed by atoms with van der Waals surface area (Å²) in [5.74, 6) is -0.188. The van der Waals surface area contributed by atoms with Gasteiger partial charge in [0.05, 0.1) is 12.2 Å². The third kappa shape index (κ3) is 2.50. The second kappa shape index (κ2) is 5.86. The molecule has 6 heteroatoms. The second-order valence-corrected chi connectivity index (χ2v) is 7.53. The van der Waals surface area contributed by atoms with Crippen LogP contribution in [0.2, 0.25) is 0 Å². The Hall–Kier alpha value is -1.92. The van der Waals surface area contributed by atoms with Gasteiger partial charge in [-0.1, -0.05) is 0 Å². The van der Waals surface area contributed by atoms with E-state index in [4.69, 9.17) is 4.74 Å². The minimum Gasteiger partial charge on any atom is -0.370 e. The van der Waals surface area contributed by atoms with E-state index in [0.717, 1.165) is 31.6 Å². The van der Waals surface area contributed by atoms with Crippen LogP contribution in [-0.4, -0.2) is 35.5 Å². The van der Waals surface area contributed by atoms with Crippen LogP contribution in [0.3, 0.4) is 0 Å². The van der Waals surface area contributed by atoms with Crippen molar-refractivity contribution in [1.82, 2.24) is 9.88 Å². The summed E-state index contributed by atoms with van der Waals surface area (Å²) in [5.41, 5.74) is 1.73. The summed E-state index contributed by atoms with van der Waals surface area (Å²) >= 11 is 1.79. The fourth-order valence-electron chi connectivity index (χ4n) is 3.75. The first-order chi connectivity index (χ1) is 11.6. The number of likely N-dealkylation sites (tertiary alicyclic amines) is 1. The van der Waals surface area contributed by atoms with Gasteiger partial charge in [0.2, 0.25) is 0 Å². The molecular formula is C18H20N2O3S. The van der Waals surface area contributed by atoms with Crippen LogP contribution in [-0.2, 0) is 16.8 Å². The molecule has 0 unspecified atom stereocenters. The summed E-state index contributed by atoms with van der Waals surface area (Å²) in [4.78, 5) is 30.6. The molecule has 1 N–H and O–H groups in total. The number of pyridine rings is 1. The predicted molar refractivity (Wildman–Crippen MR) is 92.6 cm³/mol. The Balaban J connectivity index is 1.53. The van der Waals surface area contributed by atoms with E-state index in [1.54, 1.807) is 35.3 Å². The molecule has 126 valence electrons. The number of nitrogens with zero attached hydrogens (tertiary/aromatic N) is 1. The Kier molecular flexibility index (Phi) is 3.81. The van der Waals surface area contributed by atoms with Crippen molar-refractivity contribution >= 4 is 17.2 Å². The Bertz CT molecular complexity index is 831. The standard InChI is InChI=1S/C18H20N2O3S/c1-12-2-3-13(16(21)19-12)17(22)20-8-6-18(7-9-20)14-5-11-24-15(14)4-10-23-18/h2-3,5,11H,4,6-10H2,1H3,(H,19,21). The minimum atomic E-state index is -0.311. The number of H-pyrrole nitrogens is 1. The molecule has 4 heterocycles. The number of nitrogens with one attached hydrogen (secondary N) is 1. The third-order valence-corrected chi connectivity index (χ3v) is 6.07. The fourth-order valence-corrected chi connectivity index (χ4v) is 4.70. The number of aromatic amines is 1. The largest absolute Gasteiger partial charge is 0.370 e. The van der Waals surface area contributed by atoms with Crippen molar-refractivity contribution in [1.29, 1.82) is 0 Å². The molecule has 0 aromatic carbocycles. The number of hydrogen-bond acceptors (Lipinski definition) is 4. The summed E-state index contributed by atoms with van der Waals surface area (Å²) in [7, 11) is 0. The lowest BCUT2D eigenvalue weighted by Crippen LogP contribution is -2.48. The molecule has 1 saturated heterocycles. The van der Waals surface area contributed by atoms with E-state index in [1.165, 1.54) is 10.4 Å². The van der Waals surface area contributed by atoms with Gasteiger partial charge in [-0.15, -0.1) is 11.3 Å². The smallest absolute Gasteiger partial charge is 0.260 e. The van der Waals surface area contributed by atoms with Crippen LogP contribution in [0.5, 0.6) is 0 Å². The van der Waals surface area contributed by atoms with Crippen molar-refractivity contribution in [2.45, 2.75) is 31.8 Å². The lowest BCUT2D eigenvalue weighted by molar-refractivity contribution is -0.0926. The van der Waals surface area contributed by atoms with Crippen molar-refractivity contribution < 1.29 is 9.53 Å². The lowest BCUT2D eigenvalue weighted by Gasteiger charge is -2.44. The van der Waals surface area contributed by atoms with Gasteiger partial charge in [-0.2, -0.15) is 0 Å². The maximum absolute atomic E-state index is 12.7. The molecule has 1 amide bonds. The van der Waals surface area contributed by atoms with E-state index < -0.39 is 0 Å². The summed E-state index contributed by atoms with van der Waals surface area (Å²) in [5, 5.41) is 2.13. The molecule has 4 rings (SSSR count). The highest BCUT2D eigenvalue weighted by Gasteiger charge is 2.42. The minimum absolute atomic E-state index is 0.188. The number of hydrogen-bond donors (Lipinski definition) is 1. The Morgan fingerprint density at radius 3 is 2.83 bits per heavy atom. The number of fused-ring (bicyclic) bond motifs is 2. The van der Waals surface area contributed by atoms with Gasteiger partial charge in [-0.25, -0.2) is 0 Å². The third-order valence-electron chi connectivity index (χ3n) is 5.09. The fraction of sp³-hybridized carbons (Fsp3) is 0.444. The number of piperidine rings is 1. The van der Waals surface area contributed by atoms with Crippen molar-refractivity contribution in [3.05, 3.63) is 55.6 Å². The molecule has 0 atom stereocenters. The topological polar surface area (TPSA) is 62.4 Å². The van der Waals surface area contributed by atoms with E-state index in [9.17, 15) is 9.59 Å². The molecule has 2 aliphatic rings. The predicted octanol–water partition coefficient (Wildman–Crippen LogP) is 2.45. The monoisotopic (exact) mass is 344 g/mol. The number of amides is 1. The average molecular weight is 344 g/mol. The van der Waals surface area contributed by atoms with Crippen LogP contribution in [0.15, 0.2) is 28.4 Å². The van der Waals surface area contributed by atoms with Crippen molar-refractivity contribution in [2.75, 3.05) is 19.7 Å². The molecule has 2 aromatic rings. The average Bonchev–Trinajstić information content (AvgIpc) is 3.05. The zero-order chi connectivity index (χ0) is 16.7. The van der Waals surface area contributed by atoms with Gasteiger partial charge in [0, 0.05) is 30.1 Å². The van der Waals surface area contributed by atoms with E-state index in [1.807, 2.05) is 0 Å². The van der Waals surface area contributed by atoms with Crippen molar-refractivity contribution in [2.24, 2.45) is 0 Å². The van der Waals surface area contributed by atoms with E-state index in [-0.39, 0.29) is 22.6 Å². The van der Waals surface area contributed by atoms with Gasteiger partial charge in [0.15, 0.2) is 0 Å². The van der Waals surface area contributed by atoms with Crippen molar-refractivity contribution in [3.63, 3.8) is 0 Å². The molecule has 0 radical (unpaired) electrons. The van der Waals surface area contributed by atoms with E-state index in [2.05, 4.69) is 16.4 Å². The summed E-state index contributed by atoms with van der Waals surface area (Å²) in [6, 6.07) is 5.55. The van der Waals surface area contributed by atoms with Gasteiger partial charge in [-0.3, -0.25) is 9.59 Å². The molecule has 2 aromatic heterocycles. The first-order valence-electron chi connectivity index (χ1n) is 8.29. The summed E-state index contributed by atoms with van der Waals surface area (Å²) in [6.45, 7) is 3.78. The Morgan fingerprint density at radius 1 is 1.29 bits per heavy atom. The molecule has 1 spiro atoms. The number of ether oxygens (including phenoxy) is 1. The van der Waals surface area contributed by atoms with Crippen LogP contribution in [0, 0.1) is 6.92 Å². The maximum Gasteiger partial charge on any atom is 0.260 e. The van der Waals surface area contributed by atoms with Crippen molar-refractivity contribution in [3.8, 4) is 0 Å². The van der Waals surface area contributed by atoms with Gasteiger partial charge in [0.1, 0.15) is 5.56 Å². The van der Waals surface area contributed by atoms with Crippen LogP contribution in [0.25, 0.3) is 0 Å². The number of carbonyl (C=O) groups is 1. The number of aryl methyl sites for hydroxylation is 1. The number of carbonyl (C=O) groups excluding carboxylic acids is 1. The van der Waals surface area contributed by atoms with Gasteiger partial charge < -0.3 is 14.6 Å². The normalized spacial score (nSPS) is 19.3. The van der Waals surface area contributed by atoms with E-state index in [0.29, 0.717) is 13.1 Å². The zero-order valence-corrected chi connectivity index (χ0v) is 14.4. The second-order valence-electron chi connectivity index (χ2n) is 6.53. The Morgan fingerprint density at radius 2 is 2.08 bits per heavy atom. The van der Waals surface area contributed by atoms with Crippen LogP contribution < -0.4 is 5.56 Å². The number of thiophene rings is 1. The molecular weight excluding hydrogens is 324 g/mol. The molecule has 1 fully saturated rings. The van der Waals surface area contributed by atoms with Gasteiger partial charge in [0.25, 0.3) is 11.5 Å². The van der Waals surface area contributed by atoms with E-state index >= 15 is 0 Å². The van der Waals surface area contributed by atoms with Crippen LogP contribution >= 0.6 is 11.3 Å². The first-order valence-corrected chi connectivity index (χ1v) is 9.17. The molecule has 0 aliphatic carbocycles. The highest BCUT2D eigenvalue weighted by atomic mass is 32.1. The highest BCUT2D eigenvalue weighted by molar-refractivity contribution is 7.10. The maximum atomic E-state index is 12.7. The van der Waals surface area contributed by atoms with Gasteiger partial charge >= 0.3 is 0 Å². The number of aromatic nitrogens is 1. The molecule has 2 aliphatic heterocycles. The molecule has 5 nitrogen and oxygen atoms in total. The highest BCUT2D eigenvalue weighted by Crippen LogP contribution is 2.43. The molecule has 0 bridgehead atoms. The zero-order valence-electron chi connectivity index (χ0n) is 13.6.